The van der Waals surface area contributed by atoms with Crippen molar-refractivity contribution < 1.29 is 24.5 Å². The van der Waals surface area contributed by atoms with Crippen LogP contribution in [0.2, 0.25) is 5.02 Å². The van der Waals surface area contributed by atoms with E-state index in [1.165, 1.54) is 5.57 Å². The van der Waals surface area contributed by atoms with Crippen LogP contribution >= 0.6 is 11.6 Å². The number of amides is 1. The molecule has 3 aromatic rings. The number of imidazole rings is 1. The van der Waals surface area contributed by atoms with Crippen LogP contribution in [-0.2, 0) is 9.59 Å². The molecule has 5 rings (SSSR count). The van der Waals surface area contributed by atoms with Gasteiger partial charge < -0.3 is 24.8 Å². The molecule has 1 aromatic carbocycles. The van der Waals surface area contributed by atoms with E-state index in [-0.39, 0.29) is 24.5 Å². The average Bonchev–Trinajstić information content (AvgIpc) is 3.37. The van der Waals surface area contributed by atoms with Crippen LogP contribution in [0.5, 0.6) is 6.01 Å². The first-order valence-electron chi connectivity index (χ1n) is 14.6. The van der Waals surface area contributed by atoms with Gasteiger partial charge in [0.2, 0.25) is 5.91 Å². The number of aliphatic hydroxyl groups excluding tert-OH is 1. The Balaban J connectivity index is 1.25. The Morgan fingerprint density at radius 1 is 1.07 bits per heavy atom. The van der Waals surface area contributed by atoms with E-state index >= 15 is 0 Å². The molecule has 2 aliphatic rings. The number of carboxylic acid groups (broad SMARTS) is 1. The predicted molar refractivity (Wildman–Crippen MR) is 162 cm³/mol. The molecule has 2 aromatic heterocycles. The Labute approximate surface area is 251 Å². The lowest BCUT2D eigenvalue weighted by molar-refractivity contribution is -0.151. The van der Waals surface area contributed by atoms with Crippen molar-refractivity contribution >= 4 is 40.2 Å². The summed E-state index contributed by atoms with van der Waals surface area (Å²) in [5.74, 6) is -0.671. The van der Waals surface area contributed by atoms with Gasteiger partial charge in [0, 0.05) is 18.7 Å². The molecule has 0 unspecified atom stereocenters. The summed E-state index contributed by atoms with van der Waals surface area (Å²) >= 11 is 6.64. The largest absolute Gasteiger partial charge is 0.481 e. The normalized spacial score (nSPS) is 20.0. The van der Waals surface area contributed by atoms with E-state index in [0.29, 0.717) is 41.0 Å². The minimum Gasteiger partial charge on any atom is -0.481 e. The number of carbonyl (C=O) groups excluding carboxylic acids is 1. The van der Waals surface area contributed by atoms with Gasteiger partial charge in [-0.15, -0.1) is 0 Å². The van der Waals surface area contributed by atoms with Crippen LogP contribution in [0.3, 0.4) is 0 Å². The van der Waals surface area contributed by atoms with Crippen LogP contribution in [0, 0.1) is 16.7 Å². The quantitative estimate of drug-likeness (QED) is 0.293. The number of carbonyl (C=O) groups is 2. The molecule has 0 atom stereocenters. The number of pyridine rings is 1. The van der Waals surface area contributed by atoms with E-state index in [1.807, 2.05) is 30.3 Å². The van der Waals surface area contributed by atoms with E-state index in [2.05, 4.69) is 16.0 Å². The number of ether oxygens (including phenoxy) is 1. The van der Waals surface area contributed by atoms with Crippen LogP contribution in [-0.4, -0.2) is 67.7 Å². The fraction of sp³-hybridized carbons (Fsp3) is 0.500. The van der Waals surface area contributed by atoms with Gasteiger partial charge in [-0.3, -0.25) is 9.59 Å². The number of halogens is 1. The van der Waals surface area contributed by atoms with Crippen LogP contribution in [0.1, 0.15) is 65.4 Å². The Morgan fingerprint density at radius 3 is 2.33 bits per heavy atom. The molecule has 3 N–H and O–H groups in total. The summed E-state index contributed by atoms with van der Waals surface area (Å²) in [7, 11) is 0. The van der Waals surface area contributed by atoms with Gasteiger partial charge in [0.15, 0.2) is 5.65 Å². The van der Waals surface area contributed by atoms with Gasteiger partial charge in [-0.1, -0.05) is 41.9 Å². The number of hydrogen-bond donors (Lipinski definition) is 3. The zero-order valence-corrected chi connectivity index (χ0v) is 25.4. The van der Waals surface area contributed by atoms with E-state index in [9.17, 15) is 19.8 Å². The molecule has 1 saturated carbocycles. The third-order valence-corrected chi connectivity index (χ3v) is 9.22. The summed E-state index contributed by atoms with van der Waals surface area (Å²) < 4.78 is 6.14. The second-order valence-corrected chi connectivity index (χ2v) is 13.1. The number of nitrogens with one attached hydrogen (secondary N) is 1. The maximum absolute atomic E-state index is 12.7. The first-order chi connectivity index (χ1) is 19.9. The number of rotatable bonds is 8. The van der Waals surface area contributed by atoms with Crippen LogP contribution in [0.25, 0.3) is 28.0 Å². The van der Waals surface area contributed by atoms with E-state index in [1.54, 1.807) is 32.6 Å². The number of carboxylic acids is 1. The molecule has 1 fully saturated rings. The molecule has 0 spiro atoms. The van der Waals surface area contributed by atoms with Crippen LogP contribution in [0.4, 0.5) is 0 Å². The molecule has 0 saturated heterocycles. The number of hydrogen-bond acceptors (Lipinski definition) is 6. The maximum atomic E-state index is 12.7. The lowest BCUT2D eigenvalue weighted by Crippen LogP contribution is -2.44. The molecule has 42 heavy (non-hydrogen) atoms. The molecule has 224 valence electrons. The van der Waals surface area contributed by atoms with Crippen molar-refractivity contribution in [2.45, 2.75) is 65.9 Å². The number of aromatic nitrogens is 3. The Morgan fingerprint density at radius 2 is 1.74 bits per heavy atom. The third-order valence-electron chi connectivity index (χ3n) is 8.93. The zero-order chi connectivity index (χ0) is 30.2. The van der Waals surface area contributed by atoms with Gasteiger partial charge in [0.1, 0.15) is 6.10 Å². The molecule has 1 amide bonds. The van der Waals surface area contributed by atoms with E-state index < -0.39 is 16.8 Å². The number of H-pyrrole nitrogens is 1. The SMILES string of the molecule is CC(C)(CO)C(=O)N1CC=C(c2ccc(-c3nc4nc(O[C@H]5CC[C@H](C(C)(C)C(=O)O)CC5)[nH]c4cc3Cl)cc2)CC1. The zero-order valence-electron chi connectivity index (χ0n) is 24.6. The van der Waals surface area contributed by atoms with Gasteiger partial charge in [0.05, 0.1) is 33.7 Å². The third kappa shape index (κ3) is 6.03. The monoisotopic (exact) mass is 594 g/mol. The minimum atomic E-state index is -0.776. The van der Waals surface area contributed by atoms with Gasteiger partial charge in [0.25, 0.3) is 6.01 Å². The van der Waals surface area contributed by atoms with Gasteiger partial charge >= 0.3 is 5.97 Å². The second kappa shape index (κ2) is 11.7. The minimum absolute atomic E-state index is 0.0330. The predicted octanol–water partition coefficient (Wildman–Crippen LogP) is 5.96. The number of benzene rings is 1. The van der Waals surface area contributed by atoms with Crippen molar-refractivity contribution in [3.63, 3.8) is 0 Å². The first-order valence-corrected chi connectivity index (χ1v) is 14.9. The fourth-order valence-corrected chi connectivity index (χ4v) is 6.10. The average molecular weight is 595 g/mol. The van der Waals surface area contributed by atoms with Gasteiger partial charge in [-0.25, -0.2) is 4.98 Å². The smallest absolute Gasteiger partial charge is 0.309 e. The number of aliphatic hydroxyl groups is 1. The lowest BCUT2D eigenvalue weighted by Gasteiger charge is -2.36. The van der Waals surface area contributed by atoms with E-state index in [4.69, 9.17) is 21.3 Å². The van der Waals surface area contributed by atoms with Crippen LogP contribution in [0.15, 0.2) is 36.4 Å². The highest BCUT2D eigenvalue weighted by molar-refractivity contribution is 6.33. The Bertz CT molecular complexity index is 1500. The highest BCUT2D eigenvalue weighted by Gasteiger charge is 2.39. The first kappa shape index (κ1) is 30.0. The number of aliphatic carboxylic acids is 1. The molecule has 0 radical (unpaired) electrons. The maximum Gasteiger partial charge on any atom is 0.309 e. The highest BCUT2D eigenvalue weighted by atomic mass is 35.5. The van der Waals surface area contributed by atoms with Crippen LogP contribution < -0.4 is 4.74 Å². The summed E-state index contributed by atoms with van der Waals surface area (Å²) in [6, 6.07) is 10.3. The van der Waals surface area contributed by atoms with Gasteiger partial charge in [-0.05, 0) is 82.9 Å². The summed E-state index contributed by atoms with van der Waals surface area (Å²) in [4.78, 5) is 38.6. The highest BCUT2D eigenvalue weighted by Crippen LogP contribution is 2.39. The Hall–Kier alpha value is -3.43. The van der Waals surface area contributed by atoms with Crippen molar-refractivity contribution in [2.24, 2.45) is 16.7 Å². The molecule has 1 aliphatic carbocycles. The second-order valence-electron chi connectivity index (χ2n) is 12.7. The summed E-state index contributed by atoms with van der Waals surface area (Å²) in [6.07, 6.45) is 5.92. The molecule has 10 heteroatoms. The summed E-state index contributed by atoms with van der Waals surface area (Å²) in [5.41, 5.74) is 3.44. The standard InChI is InChI=1S/C32H39ClN4O5/c1-31(2,18-38)28(39)37-15-13-20(14-16-37)19-5-7-21(8-6-19)26-24(33)17-25-27(35-26)36-30(34-25)42-23-11-9-22(10-12-23)32(3,4)29(40)41/h5-8,13,17,22-23,38H,9-12,14-16,18H2,1-4H3,(H,40,41)(H,34,35,36)/t22-,23-. The number of aromatic amines is 1. The molecule has 1 aliphatic heterocycles. The molecule has 3 heterocycles. The number of fused-ring (bicyclic) bond motifs is 1. The molecule has 0 bridgehead atoms. The lowest BCUT2D eigenvalue weighted by atomic mass is 9.70. The molecule has 9 nitrogen and oxygen atoms in total. The molecular weight excluding hydrogens is 556 g/mol. The van der Waals surface area contributed by atoms with Crippen molar-refractivity contribution in [3.8, 4) is 17.3 Å². The summed E-state index contributed by atoms with van der Waals surface area (Å²) in [6.45, 7) is 8.08. The Kier molecular flexibility index (Phi) is 8.36. The topological polar surface area (TPSA) is 129 Å². The van der Waals surface area contributed by atoms with Gasteiger partial charge in [-0.2, -0.15) is 4.98 Å². The van der Waals surface area contributed by atoms with Crippen molar-refractivity contribution in [1.82, 2.24) is 19.9 Å². The van der Waals surface area contributed by atoms with Crippen molar-refractivity contribution in [1.29, 1.82) is 0 Å². The van der Waals surface area contributed by atoms with Crippen molar-refractivity contribution in [2.75, 3.05) is 19.7 Å². The van der Waals surface area contributed by atoms with Crippen molar-refractivity contribution in [3.05, 3.63) is 47.0 Å². The summed E-state index contributed by atoms with van der Waals surface area (Å²) in [5, 5.41) is 19.6. The fourth-order valence-electron chi connectivity index (χ4n) is 5.84. The van der Waals surface area contributed by atoms with E-state index in [0.717, 1.165) is 43.2 Å². The number of nitrogens with zero attached hydrogens (tertiary/aromatic N) is 3. The molecular formula is C32H39ClN4O5.